The monoisotopic (exact) mass is 267 g/mol. The molecule has 3 rings (SSSR count). The highest BCUT2D eigenvalue weighted by Gasteiger charge is 2.15. The molecule has 3 heteroatoms. The lowest BCUT2D eigenvalue weighted by Crippen LogP contribution is -1.97. The molecule has 1 aromatic heterocycles. The first-order valence-electron chi connectivity index (χ1n) is 6.24. The van der Waals surface area contributed by atoms with Crippen LogP contribution in [0.5, 0.6) is 0 Å². The predicted molar refractivity (Wildman–Crippen MR) is 74.2 cm³/mol. The van der Waals surface area contributed by atoms with Gasteiger partial charge in [-0.3, -0.25) is 0 Å². The molecule has 1 aromatic carbocycles. The number of fused-ring (bicyclic) bond motifs is 3. The highest BCUT2D eigenvalue weighted by Crippen LogP contribution is 2.34. The van der Waals surface area contributed by atoms with Crippen LogP contribution in [0.4, 0.5) is 0 Å². The van der Waals surface area contributed by atoms with E-state index in [1.807, 2.05) is 12.1 Å². The van der Waals surface area contributed by atoms with Crippen molar-refractivity contribution in [2.75, 3.05) is 0 Å². The van der Waals surface area contributed by atoms with Gasteiger partial charge in [-0.25, -0.2) is 0 Å². The molecule has 0 amide bonds. The number of aromatic nitrogens is 1. The van der Waals surface area contributed by atoms with Gasteiger partial charge in [0.2, 0.25) is 0 Å². The standard InChI is InChI=1S/C14H15Cl2N/c15-9-7-11-10-5-3-1-2-4-6-13(10)17-14(11)12(16)8-9/h7-8,17H,1-6H2. The number of hydrogen-bond acceptors (Lipinski definition) is 0. The summed E-state index contributed by atoms with van der Waals surface area (Å²) in [6.07, 6.45) is 7.49. The summed E-state index contributed by atoms with van der Waals surface area (Å²) in [4.78, 5) is 3.49. The maximum atomic E-state index is 6.25. The number of rotatable bonds is 0. The molecule has 0 spiro atoms. The lowest BCUT2D eigenvalue weighted by molar-refractivity contribution is 0.614. The molecule has 0 unspecified atom stereocenters. The predicted octanol–water partition coefficient (Wildman–Crippen LogP) is 5.13. The Morgan fingerprint density at radius 3 is 2.53 bits per heavy atom. The van der Waals surface area contributed by atoms with Crippen molar-refractivity contribution in [1.82, 2.24) is 4.98 Å². The van der Waals surface area contributed by atoms with Crippen LogP contribution >= 0.6 is 23.2 Å². The Labute approximate surface area is 111 Å². The Balaban J connectivity index is 2.22. The van der Waals surface area contributed by atoms with Gasteiger partial charge in [-0.1, -0.05) is 36.0 Å². The fraction of sp³-hybridized carbons (Fsp3) is 0.429. The van der Waals surface area contributed by atoms with E-state index in [2.05, 4.69) is 4.98 Å². The molecule has 0 radical (unpaired) electrons. The number of halogens is 2. The van der Waals surface area contributed by atoms with Gasteiger partial charge < -0.3 is 4.98 Å². The van der Waals surface area contributed by atoms with Crippen LogP contribution in [0.3, 0.4) is 0 Å². The quantitative estimate of drug-likeness (QED) is 0.681. The van der Waals surface area contributed by atoms with Crippen LogP contribution in [0.25, 0.3) is 10.9 Å². The lowest BCUT2D eigenvalue weighted by atomic mass is 9.97. The largest absolute Gasteiger partial charge is 0.357 e. The molecule has 0 atom stereocenters. The molecule has 90 valence electrons. The molecule has 17 heavy (non-hydrogen) atoms. The molecule has 1 heterocycles. The van der Waals surface area contributed by atoms with Crippen molar-refractivity contribution >= 4 is 34.1 Å². The molecule has 1 nitrogen and oxygen atoms in total. The maximum Gasteiger partial charge on any atom is 0.0662 e. The number of nitrogens with one attached hydrogen (secondary N) is 1. The summed E-state index contributed by atoms with van der Waals surface area (Å²) in [7, 11) is 0. The first-order chi connectivity index (χ1) is 8.25. The summed E-state index contributed by atoms with van der Waals surface area (Å²) in [6.45, 7) is 0. The minimum Gasteiger partial charge on any atom is -0.357 e. The van der Waals surface area contributed by atoms with Crippen molar-refractivity contribution < 1.29 is 0 Å². The van der Waals surface area contributed by atoms with Crippen molar-refractivity contribution in [3.63, 3.8) is 0 Å². The van der Waals surface area contributed by atoms with E-state index in [0.717, 1.165) is 28.4 Å². The molecule has 0 aliphatic heterocycles. The van der Waals surface area contributed by atoms with E-state index >= 15 is 0 Å². The molecule has 0 bridgehead atoms. The van der Waals surface area contributed by atoms with Gasteiger partial charge in [0.05, 0.1) is 10.5 Å². The highest BCUT2D eigenvalue weighted by atomic mass is 35.5. The minimum absolute atomic E-state index is 0.728. The third-order valence-corrected chi connectivity index (χ3v) is 4.14. The van der Waals surface area contributed by atoms with Gasteiger partial charge in [0.25, 0.3) is 0 Å². The van der Waals surface area contributed by atoms with Crippen LogP contribution in [-0.4, -0.2) is 4.98 Å². The SMILES string of the molecule is Clc1cc(Cl)c2[nH]c3c(c2c1)CCCCCC3. The number of hydrogen-bond donors (Lipinski definition) is 1. The Morgan fingerprint density at radius 2 is 1.71 bits per heavy atom. The van der Waals surface area contributed by atoms with Crippen LogP contribution in [0.15, 0.2) is 12.1 Å². The fourth-order valence-corrected chi connectivity index (χ4v) is 3.32. The van der Waals surface area contributed by atoms with Crippen LogP contribution in [-0.2, 0) is 12.8 Å². The molecule has 0 saturated carbocycles. The van der Waals surface area contributed by atoms with Gasteiger partial charge in [-0.2, -0.15) is 0 Å². The third kappa shape index (κ3) is 2.07. The van der Waals surface area contributed by atoms with E-state index in [1.54, 1.807) is 0 Å². The van der Waals surface area contributed by atoms with Crippen LogP contribution in [0.2, 0.25) is 10.0 Å². The lowest BCUT2D eigenvalue weighted by Gasteiger charge is -2.09. The summed E-state index contributed by atoms with van der Waals surface area (Å²) < 4.78 is 0. The second-order valence-corrected chi connectivity index (χ2v) is 5.65. The average molecular weight is 268 g/mol. The smallest absolute Gasteiger partial charge is 0.0662 e. The van der Waals surface area contributed by atoms with Gasteiger partial charge in [0, 0.05) is 16.1 Å². The van der Waals surface area contributed by atoms with Gasteiger partial charge in [-0.15, -0.1) is 0 Å². The fourth-order valence-electron chi connectivity index (χ4n) is 2.78. The van der Waals surface area contributed by atoms with E-state index in [-0.39, 0.29) is 0 Å². The summed E-state index contributed by atoms with van der Waals surface area (Å²) in [5.41, 5.74) is 3.86. The molecule has 0 saturated heterocycles. The zero-order valence-electron chi connectivity index (χ0n) is 9.65. The molecule has 1 N–H and O–H groups in total. The first-order valence-corrected chi connectivity index (χ1v) is 7.00. The third-order valence-electron chi connectivity index (χ3n) is 3.62. The minimum atomic E-state index is 0.728. The summed E-state index contributed by atoms with van der Waals surface area (Å²) in [6, 6.07) is 3.86. The first kappa shape index (κ1) is 11.4. The number of aromatic amines is 1. The van der Waals surface area contributed by atoms with Gasteiger partial charge in [0.1, 0.15) is 0 Å². The summed E-state index contributed by atoms with van der Waals surface area (Å²) in [5.74, 6) is 0. The number of benzene rings is 1. The van der Waals surface area contributed by atoms with E-state index in [9.17, 15) is 0 Å². The van der Waals surface area contributed by atoms with Crippen molar-refractivity contribution in [2.45, 2.75) is 38.5 Å². The Hall–Kier alpha value is -0.660. The molecular weight excluding hydrogens is 253 g/mol. The number of aryl methyl sites for hydroxylation is 2. The second-order valence-electron chi connectivity index (χ2n) is 4.81. The van der Waals surface area contributed by atoms with Gasteiger partial charge in [0.15, 0.2) is 0 Å². The van der Waals surface area contributed by atoms with E-state index < -0.39 is 0 Å². The van der Waals surface area contributed by atoms with Crippen LogP contribution in [0, 0.1) is 0 Å². The highest BCUT2D eigenvalue weighted by molar-refractivity contribution is 6.38. The van der Waals surface area contributed by atoms with Gasteiger partial charge in [-0.05, 0) is 43.4 Å². The Kier molecular flexibility index (Phi) is 3.06. The molecular formula is C14H15Cl2N. The van der Waals surface area contributed by atoms with Crippen molar-refractivity contribution in [2.24, 2.45) is 0 Å². The molecule has 1 aliphatic rings. The van der Waals surface area contributed by atoms with E-state index in [4.69, 9.17) is 23.2 Å². The average Bonchev–Trinajstić information content (AvgIpc) is 2.56. The second kappa shape index (κ2) is 4.55. The molecule has 1 aliphatic carbocycles. The van der Waals surface area contributed by atoms with Crippen molar-refractivity contribution in [3.8, 4) is 0 Å². The Morgan fingerprint density at radius 1 is 0.941 bits per heavy atom. The van der Waals surface area contributed by atoms with Crippen LogP contribution in [0.1, 0.15) is 36.9 Å². The number of H-pyrrole nitrogens is 1. The molecule has 2 aromatic rings. The van der Waals surface area contributed by atoms with Crippen LogP contribution < -0.4 is 0 Å². The zero-order chi connectivity index (χ0) is 11.8. The Bertz CT molecular complexity index is 557. The summed E-state index contributed by atoms with van der Waals surface area (Å²) in [5, 5.41) is 2.69. The van der Waals surface area contributed by atoms with E-state index in [1.165, 1.54) is 42.3 Å². The van der Waals surface area contributed by atoms with Gasteiger partial charge >= 0.3 is 0 Å². The summed E-state index contributed by atoms with van der Waals surface area (Å²) >= 11 is 12.3. The zero-order valence-corrected chi connectivity index (χ0v) is 11.2. The molecule has 0 fully saturated rings. The topological polar surface area (TPSA) is 15.8 Å². The van der Waals surface area contributed by atoms with Crippen molar-refractivity contribution in [1.29, 1.82) is 0 Å². The van der Waals surface area contributed by atoms with E-state index in [0.29, 0.717) is 0 Å². The van der Waals surface area contributed by atoms with Crippen molar-refractivity contribution in [3.05, 3.63) is 33.4 Å². The normalized spacial score (nSPS) is 16.6. The maximum absolute atomic E-state index is 6.25.